The van der Waals surface area contributed by atoms with Crippen LogP contribution in [0.2, 0.25) is 0 Å². The molecule has 9 heteroatoms. The summed E-state index contributed by atoms with van der Waals surface area (Å²) in [5.41, 5.74) is 0. The van der Waals surface area contributed by atoms with Crippen LogP contribution in [-0.4, -0.2) is 84.2 Å². The average molecular weight is 306 g/mol. The second kappa shape index (κ2) is 25.1. The molecule has 2 heterocycles. The van der Waals surface area contributed by atoms with Crippen LogP contribution in [-0.2, 0) is 26.3 Å². The second-order valence-corrected chi connectivity index (χ2v) is 2.57. The Morgan fingerprint density at radius 2 is 0.824 bits per heavy atom. The molecule has 0 saturated carbocycles. The quantitative estimate of drug-likeness (QED) is 0.459. The van der Waals surface area contributed by atoms with Gasteiger partial charge in [-0.15, -0.1) is 0 Å². The van der Waals surface area contributed by atoms with Crippen LogP contribution < -0.4 is 0 Å². The van der Waals surface area contributed by atoms with E-state index in [4.69, 9.17) is 9.47 Å². The Balaban J connectivity index is -0.0000000436. The minimum absolute atomic E-state index is 0. The second-order valence-electron chi connectivity index (χ2n) is 2.57. The summed E-state index contributed by atoms with van der Waals surface area (Å²) in [7, 11) is 0. The van der Waals surface area contributed by atoms with Gasteiger partial charge in [0.2, 0.25) is 0 Å². The maximum absolute atomic E-state index is 4.98. The fraction of sp³-hybridized carbons (Fsp3) is 1.00. The van der Waals surface area contributed by atoms with E-state index in [1.807, 2.05) is 0 Å². The van der Waals surface area contributed by atoms with E-state index in [9.17, 15) is 0 Å². The largest absolute Gasteiger partial charge is 2.00 e. The third kappa shape index (κ3) is 21.9. The number of hydrogen-bond acceptors (Lipinski definition) is 5. The summed E-state index contributed by atoms with van der Waals surface area (Å²) < 4.78 is 18.1. The number of aliphatic hydroxyl groups is 4. The van der Waals surface area contributed by atoms with Gasteiger partial charge >= 0.3 is 16.8 Å². The summed E-state index contributed by atoms with van der Waals surface area (Å²) in [4.78, 5) is 0. The van der Waals surface area contributed by atoms with Gasteiger partial charge in [-0.2, -0.15) is 0 Å². The summed E-state index contributed by atoms with van der Waals surface area (Å²) >= 11 is 0. The third-order valence-electron chi connectivity index (χ3n) is 1.57. The van der Waals surface area contributed by atoms with Crippen molar-refractivity contribution in [2.75, 3.05) is 52.9 Å². The first-order valence-corrected chi connectivity index (χ1v) is 4.42. The molecule has 0 amide bonds. The smallest absolute Gasteiger partial charge is 0.870 e. The van der Waals surface area contributed by atoms with Gasteiger partial charge in [-0.25, -0.2) is 0 Å². The summed E-state index contributed by atoms with van der Waals surface area (Å²) in [6, 6.07) is 0. The van der Waals surface area contributed by atoms with E-state index in [0.29, 0.717) is 0 Å². The van der Waals surface area contributed by atoms with Crippen LogP contribution in [0.1, 0.15) is 0 Å². The van der Waals surface area contributed by atoms with Crippen molar-refractivity contribution in [3.8, 4) is 0 Å². The maximum Gasteiger partial charge on any atom is 2.00 e. The standard InChI is InChI=1S/2C4H8O2.Co.4H2O/c2*1-2-6-4-3-5-1;;;;;/h2*1-4H2;;4*1H2/q;;+2;;;;/p-1. The number of rotatable bonds is 0. The molecule has 7 N–H and O–H groups in total. The Hall–Kier alpha value is 0.186. The van der Waals surface area contributed by atoms with Gasteiger partial charge in [-0.05, 0) is 0 Å². The predicted octanol–water partition coefficient (Wildman–Crippen LogP) is -2.27. The van der Waals surface area contributed by atoms with Crippen molar-refractivity contribution in [3.05, 3.63) is 0 Å². The van der Waals surface area contributed by atoms with Gasteiger partial charge in [0, 0.05) is 0 Å². The minimum atomic E-state index is 0. The SMILES string of the molecule is C1C[OH+]CCO1.C1C[OH+]CCO1.O.[Co+2].[OH-].[OH-].[OH-]. The third-order valence-corrected chi connectivity index (χ3v) is 1.57. The topological polar surface area (TPSA) is 166 Å². The molecule has 0 bridgehead atoms. The number of hydrogen-bond donors (Lipinski definition) is 0. The van der Waals surface area contributed by atoms with Crippen molar-refractivity contribution in [2.24, 2.45) is 0 Å². The first-order valence-electron chi connectivity index (χ1n) is 4.42. The van der Waals surface area contributed by atoms with Gasteiger partial charge in [0.1, 0.15) is 26.4 Å². The molecule has 2 rings (SSSR count). The molecule has 17 heavy (non-hydrogen) atoms. The molecular formula is C8H23CoO8+. The van der Waals surface area contributed by atoms with Gasteiger partial charge in [-0.1, -0.05) is 0 Å². The zero-order chi connectivity index (χ0) is 8.49. The molecule has 8 nitrogen and oxygen atoms in total. The van der Waals surface area contributed by atoms with Gasteiger partial charge in [0.05, 0.1) is 0 Å². The first-order chi connectivity index (χ1) is 6.00. The van der Waals surface area contributed by atoms with Crippen LogP contribution in [0.15, 0.2) is 0 Å². The van der Waals surface area contributed by atoms with E-state index < -0.39 is 0 Å². The first kappa shape index (κ1) is 30.3. The molecule has 2 saturated heterocycles. The Bertz CT molecular complexity index is 64.5. The molecule has 0 aliphatic carbocycles. The Kier molecular flexibility index (Phi) is 44.8. The van der Waals surface area contributed by atoms with E-state index in [-0.39, 0.29) is 38.7 Å². The molecule has 0 atom stereocenters. The normalized spacial score (nSPS) is 16.9. The van der Waals surface area contributed by atoms with Crippen molar-refractivity contribution in [3.63, 3.8) is 0 Å². The van der Waals surface area contributed by atoms with Gasteiger partial charge in [-0.3, -0.25) is 0 Å². The van der Waals surface area contributed by atoms with Crippen molar-refractivity contribution in [1.29, 1.82) is 0 Å². The van der Waals surface area contributed by atoms with Crippen molar-refractivity contribution >= 4 is 0 Å². The molecule has 0 aromatic heterocycles. The molecule has 2 fully saturated rings. The van der Waals surface area contributed by atoms with Gasteiger partial charge < -0.3 is 40.9 Å². The zero-order valence-electron chi connectivity index (χ0n) is 9.54. The molecule has 0 aromatic carbocycles. The van der Waals surface area contributed by atoms with Gasteiger partial charge in [0.15, 0.2) is 26.4 Å². The molecular weight excluding hydrogens is 283 g/mol. The molecule has 0 spiro atoms. The predicted molar refractivity (Wildman–Crippen MR) is 55.0 cm³/mol. The minimum Gasteiger partial charge on any atom is -0.870 e. The van der Waals surface area contributed by atoms with Crippen molar-refractivity contribution in [2.45, 2.75) is 0 Å². The summed E-state index contributed by atoms with van der Waals surface area (Å²) in [5, 5.41) is 0. The van der Waals surface area contributed by atoms with Crippen LogP contribution in [0.25, 0.3) is 0 Å². The summed E-state index contributed by atoms with van der Waals surface area (Å²) in [5.74, 6) is 0. The van der Waals surface area contributed by atoms with Crippen LogP contribution in [0, 0.1) is 0 Å². The van der Waals surface area contributed by atoms with E-state index in [0.717, 1.165) is 52.9 Å². The summed E-state index contributed by atoms with van der Waals surface area (Å²) in [6.07, 6.45) is 0. The Morgan fingerprint density at radius 3 is 0.882 bits per heavy atom. The van der Waals surface area contributed by atoms with Crippen LogP contribution >= 0.6 is 0 Å². The van der Waals surface area contributed by atoms with E-state index in [1.165, 1.54) is 0 Å². The van der Waals surface area contributed by atoms with Crippen LogP contribution in [0.4, 0.5) is 0 Å². The van der Waals surface area contributed by atoms with E-state index in [2.05, 4.69) is 9.47 Å². The molecule has 1 radical (unpaired) electrons. The van der Waals surface area contributed by atoms with E-state index >= 15 is 0 Å². The fourth-order valence-electron chi connectivity index (χ4n) is 0.944. The number of ether oxygens (including phenoxy) is 4. The molecule has 0 unspecified atom stereocenters. The van der Waals surface area contributed by atoms with Crippen molar-refractivity contribution in [1.82, 2.24) is 0 Å². The summed E-state index contributed by atoms with van der Waals surface area (Å²) in [6.45, 7) is 6.94. The van der Waals surface area contributed by atoms with Gasteiger partial charge in [0.25, 0.3) is 0 Å². The van der Waals surface area contributed by atoms with E-state index in [1.54, 1.807) is 0 Å². The molecule has 2 aliphatic heterocycles. The van der Waals surface area contributed by atoms with Crippen molar-refractivity contribution < 1.29 is 57.6 Å². The molecule has 2 aliphatic rings. The average Bonchev–Trinajstić information content (AvgIpc) is 2.24. The molecule has 111 valence electrons. The zero-order valence-corrected chi connectivity index (χ0v) is 10.6. The van der Waals surface area contributed by atoms with Crippen LogP contribution in [0.3, 0.4) is 0 Å². The maximum atomic E-state index is 4.98. The Morgan fingerprint density at radius 1 is 0.588 bits per heavy atom. The fourth-order valence-corrected chi connectivity index (χ4v) is 0.944. The Labute approximate surface area is 111 Å². The monoisotopic (exact) mass is 306 g/mol. The molecule has 0 aromatic rings. The van der Waals surface area contributed by atoms with Crippen LogP contribution in [0.5, 0.6) is 0 Å².